The lowest BCUT2D eigenvalue weighted by atomic mass is 10.2. The molecule has 1 saturated heterocycles. The maximum atomic E-state index is 11.8. The molecule has 0 bridgehead atoms. The zero-order chi connectivity index (χ0) is 13.0. The maximum Gasteiger partial charge on any atom is 0.354 e. The standard InChI is InChI=1S/C11H13N3O4/c15-10(9-6-12-3-4-18-9)14-7-1-2-8(11(16)17)13-5-7/h1-2,5,9,12H,3-4,6H2,(H,14,15)(H,16,17). The molecule has 3 N–H and O–H groups in total. The minimum absolute atomic E-state index is 0.0661. The number of anilines is 1. The topological polar surface area (TPSA) is 101 Å². The molecule has 2 heterocycles. The molecule has 1 fully saturated rings. The highest BCUT2D eigenvalue weighted by atomic mass is 16.5. The summed E-state index contributed by atoms with van der Waals surface area (Å²) in [5, 5.41) is 14.3. The van der Waals surface area contributed by atoms with Gasteiger partial charge < -0.3 is 20.5 Å². The first-order valence-electron chi connectivity index (χ1n) is 5.49. The van der Waals surface area contributed by atoms with Crippen molar-refractivity contribution in [2.45, 2.75) is 6.10 Å². The van der Waals surface area contributed by atoms with Crippen molar-refractivity contribution in [3.05, 3.63) is 24.0 Å². The number of rotatable bonds is 3. The van der Waals surface area contributed by atoms with Crippen molar-refractivity contribution in [2.75, 3.05) is 25.0 Å². The molecule has 0 aromatic carbocycles. The molecule has 1 aromatic heterocycles. The van der Waals surface area contributed by atoms with E-state index in [1.165, 1.54) is 18.3 Å². The number of carbonyl (C=O) groups is 2. The van der Waals surface area contributed by atoms with Crippen molar-refractivity contribution in [3.8, 4) is 0 Å². The number of nitrogens with zero attached hydrogens (tertiary/aromatic N) is 1. The summed E-state index contributed by atoms with van der Waals surface area (Å²) < 4.78 is 5.28. The molecule has 0 spiro atoms. The molecular weight excluding hydrogens is 238 g/mol. The third-order valence-electron chi connectivity index (χ3n) is 2.47. The van der Waals surface area contributed by atoms with Crippen LogP contribution in [0.25, 0.3) is 0 Å². The van der Waals surface area contributed by atoms with E-state index in [0.717, 1.165) is 6.54 Å². The number of morpholine rings is 1. The van der Waals surface area contributed by atoms with Gasteiger partial charge in [-0.1, -0.05) is 0 Å². The van der Waals surface area contributed by atoms with Crippen molar-refractivity contribution in [1.82, 2.24) is 10.3 Å². The fraction of sp³-hybridized carbons (Fsp3) is 0.364. The molecule has 18 heavy (non-hydrogen) atoms. The number of aromatic nitrogens is 1. The monoisotopic (exact) mass is 251 g/mol. The van der Waals surface area contributed by atoms with E-state index in [9.17, 15) is 9.59 Å². The number of nitrogens with one attached hydrogen (secondary N) is 2. The Bertz CT molecular complexity index is 440. The summed E-state index contributed by atoms with van der Waals surface area (Å²) in [7, 11) is 0. The third-order valence-corrected chi connectivity index (χ3v) is 2.47. The van der Waals surface area contributed by atoms with E-state index in [2.05, 4.69) is 15.6 Å². The Labute approximate surface area is 103 Å². The van der Waals surface area contributed by atoms with Crippen LogP contribution < -0.4 is 10.6 Å². The van der Waals surface area contributed by atoms with Gasteiger partial charge in [-0.25, -0.2) is 9.78 Å². The van der Waals surface area contributed by atoms with Gasteiger partial charge in [-0.2, -0.15) is 0 Å². The zero-order valence-electron chi connectivity index (χ0n) is 9.55. The van der Waals surface area contributed by atoms with E-state index in [4.69, 9.17) is 9.84 Å². The highest BCUT2D eigenvalue weighted by molar-refractivity contribution is 5.94. The molecule has 1 aliphatic rings. The lowest BCUT2D eigenvalue weighted by Gasteiger charge is -2.22. The smallest absolute Gasteiger partial charge is 0.354 e. The van der Waals surface area contributed by atoms with E-state index >= 15 is 0 Å². The second-order valence-electron chi connectivity index (χ2n) is 3.79. The van der Waals surface area contributed by atoms with Gasteiger partial charge in [0.2, 0.25) is 0 Å². The molecule has 0 saturated carbocycles. The number of pyridine rings is 1. The van der Waals surface area contributed by atoms with Crippen molar-refractivity contribution < 1.29 is 19.4 Å². The highest BCUT2D eigenvalue weighted by Crippen LogP contribution is 2.08. The van der Waals surface area contributed by atoms with Crippen molar-refractivity contribution in [2.24, 2.45) is 0 Å². The van der Waals surface area contributed by atoms with Crippen LogP contribution >= 0.6 is 0 Å². The van der Waals surface area contributed by atoms with E-state index in [-0.39, 0.29) is 11.6 Å². The number of hydrogen-bond acceptors (Lipinski definition) is 5. The minimum Gasteiger partial charge on any atom is -0.477 e. The summed E-state index contributed by atoms with van der Waals surface area (Å²) in [5.74, 6) is -1.38. The van der Waals surface area contributed by atoms with Crippen molar-refractivity contribution in [3.63, 3.8) is 0 Å². The molecule has 96 valence electrons. The van der Waals surface area contributed by atoms with Crippen molar-refractivity contribution >= 4 is 17.6 Å². The number of aromatic carboxylic acids is 1. The SMILES string of the molecule is O=C(O)c1ccc(NC(=O)C2CNCCO2)cn1. The molecule has 7 nitrogen and oxygen atoms in total. The molecular formula is C11H13N3O4. The zero-order valence-corrected chi connectivity index (χ0v) is 9.55. The maximum absolute atomic E-state index is 11.8. The van der Waals surface area contributed by atoms with E-state index in [0.29, 0.717) is 18.8 Å². The van der Waals surface area contributed by atoms with Crippen molar-refractivity contribution in [1.29, 1.82) is 0 Å². The predicted molar refractivity (Wildman–Crippen MR) is 62.4 cm³/mol. The number of amides is 1. The van der Waals surface area contributed by atoms with E-state index < -0.39 is 12.1 Å². The molecule has 1 amide bonds. The van der Waals surface area contributed by atoms with Gasteiger partial charge in [-0.15, -0.1) is 0 Å². The van der Waals surface area contributed by atoms with Gasteiger partial charge in [0.1, 0.15) is 11.8 Å². The summed E-state index contributed by atoms with van der Waals surface area (Å²) in [4.78, 5) is 26.1. The van der Waals surface area contributed by atoms with Gasteiger partial charge in [0, 0.05) is 13.1 Å². The number of hydrogen-bond donors (Lipinski definition) is 3. The minimum atomic E-state index is -1.10. The lowest BCUT2D eigenvalue weighted by molar-refractivity contribution is -0.128. The summed E-state index contributed by atoms with van der Waals surface area (Å²) >= 11 is 0. The van der Waals surface area contributed by atoms with Gasteiger partial charge in [0.05, 0.1) is 18.5 Å². The van der Waals surface area contributed by atoms with E-state index in [1.54, 1.807) is 0 Å². The van der Waals surface area contributed by atoms with Gasteiger partial charge in [-0.3, -0.25) is 4.79 Å². The number of ether oxygens (including phenoxy) is 1. The summed E-state index contributed by atoms with van der Waals surface area (Å²) in [5.41, 5.74) is 0.378. The highest BCUT2D eigenvalue weighted by Gasteiger charge is 2.21. The number of carbonyl (C=O) groups excluding carboxylic acids is 1. The normalized spacial score (nSPS) is 19.2. The second-order valence-corrected chi connectivity index (χ2v) is 3.79. The molecule has 1 unspecified atom stereocenters. The molecule has 7 heteroatoms. The van der Waals surface area contributed by atoms with Crippen LogP contribution in [0, 0.1) is 0 Å². The number of carboxylic acid groups (broad SMARTS) is 1. The summed E-state index contributed by atoms with van der Waals surface area (Å²) in [6.07, 6.45) is 0.773. The Morgan fingerprint density at radius 1 is 1.50 bits per heavy atom. The average Bonchev–Trinajstić information content (AvgIpc) is 2.40. The first-order valence-corrected chi connectivity index (χ1v) is 5.49. The summed E-state index contributed by atoms with van der Waals surface area (Å²) in [6, 6.07) is 2.82. The number of carboxylic acids is 1. The molecule has 1 atom stereocenters. The van der Waals surface area contributed by atoms with Crippen LogP contribution in [0.1, 0.15) is 10.5 Å². The van der Waals surface area contributed by atoms with Crippen LogP contribution in [0.2, 0.25) is 0 Å². The largest absolute Gasteiger partial charge is 0.477 e. The van der Waals surface area contributed by atoms with Gasteiger partial charge in [0.25, 0.3) is 5.91 Å². The van der Waals surface area contributed by atoms with Crippen LogP contribution in [-0.2, 0) is 9.53 Å². The Morgan fingerprint density at radius 2 is 2.33 bits per heavy atom. The Kier molecular flexibility index (Phi) is 3.85. The fourth-order valence-electron chi connectivity index (χ4n) is 1.55. The van der Waals surface area contributed by atoms with E-state index in [1.807, 2.05) is 0 Å². The van der Waals surface area contributed by atoms with Crippen LogP contribution in [0.4, 0.5) is 5.69 Å². The molecule has 1 aromatic rings. The lowest BCUT2D eigenvalue weighted by Crippen LogP contribution is -2.45. The van der Waals surface area contributed by atoms with Crippen LogP contribution in [0.5, 0.6) is 0 Å². The van der Waals surface area contributed by atoms with Gasteiger partial charge in [-0.05, 0) is 12.1 Å². The predicted octanol–water partition coefficient (Wildman–Crippen LogP) is -0.293. The Hall–Kier alpha value is -1.99. The van der Waals surface area contributed by atoms with Crippen LogP contribution in [0.3, 0.4) is 0 Å². The molecule has 1 aliphatic heterocycles. The third kappa shape index (κ3) is 3.02. The average molecular weight is 251 g/mol. The summed E-state index contributed by atoms with van der Waals surface area (Å²) in [6.45, 7) is 1.69. The van der Waals surface area contributed by atoms with Gasteiger partial charge >= 0.3 is 5.97 Å². The van der Waals surface area contributed by atoms with Crippen LogP contribution in [0.15, 0.2) is 18.3 Å². The Morgan fingerprint density at radius 3 is 2.89 bits per heavy atom. The molecule has 0 aliphatic carbocycles. The molecule has 0 radical (unpaired) electrons. The first-order chi connectivity index (χ1) is 8.66. The fourth-order valence-corrected chi connectivity index (χ4v) is 1.55. The van der Waals surface area contributed by atoms with Gasteiger partial charge in [0.15, 0.2) is 0 Å². The first kappa shape index (κ1) is 12.5. The second kappa shape index (κ2) is 5.56. The Balaban J connectivity index is 1.96. The molecule has 2 rings (SSSR count). The van der Waals surface area contributed by atoms with Crippen LogP contribution in [-0.4, -0.2) is 47.8 Å². The quantitative estimate of drug-likeness (QED) is 0.682.